The molecule has 1 amide bonds. The van der Waals surface area contributed by atoms with Crippen LogP contribution in [0.4, 0.5) is 9.18 Å². The first kappa shape index (κ1) is 19.7. The lowest BCUT2D eigenvalue weighted by Gasteiger charge is -2.23. The number of benzene rings is 1. The second-order valence-corrected chi connectivity index (χ2v) is 7.91. The largest absolute Gasteiger partial charge is 0.444 e. The summed E-state index contributed by atoms with van der Waals surface area (Å²) < 4.78 is 45.4. The lowest BCUT2D eigenvalue weighted by molar-refractivity contribution is 0.0487. The van der Waals surface area contributed by atoms with Gasteiger partial charge in [-0.15, -0.1) is 0 Å². The normalized spacial score (nSPS) is 13.5. The Morgan fingerprint density at radius 1 is 1.39 bits per heavy atom. The number of nitrogens with one attached hydrogen (secondary N) is 1. The molecule has 130 valence electrons. The summed E-state index contributed by atoms with van der Waals surface area (Å²) in [4.78, 5) is 11.9. The van der Waals surface area contributed by atoms with Gasteiger partial charge in [0.15, 0.2) is 0 Å². The van der Waals surface area contributed by atoms with Gasteiger partial charge >= 0.3 is 6.09 Å². The maximum atomic E-state index is 13.3. The number of amides is 1. The zero-order valence-electron chi connectivity index (χ0n) is 13.2. The highest BCUT2D eigenvalue weighted by Crippen LogP contribution is 2.22. The molecule has 1 aromatic rings. The van der Waals surface area contributed by atoms with E-state index in [2.05, 4.69) is 5.32 Å². The molecule has 0 aliphatic carbocycles. The molecule has 0 saturated heterocycles. The molecule has 0 aliphatic rings. The molecule has 6 nitrogen and oxygen atoms in total. The van der Waals surface area contributed by atoms with Crippen molar-refractivity contribution in [1.29, 1.82) is 0 Å². The molecule has 0 saturated carbocycles. The topological polar surface area (TPSA) is 81.7 Å². The van der Waals surface area contributed by atoms with Crippen molar-refractivity contribution in [2.75, 3.05) is 12.9 Å². The summed E-state index contributed by atoms with van der Waals surface area (Å²) in [6, 6.07) is 2.89. The third kappa shape index (κ3) is 7.62. The second kappa shape index (κ2) is 7.46. The van der Waals surface area contributed by atoms with E-state index in [9.17, 15) is 17.6 Å². The number of hydrogen-bond donors (Lipinski definition) is 1. The van der Waals surface area contributed by atoms with Gasteiger partial charge in [0, 0.05) is 0 Å². The average molecular weight is 368 g/mol. The first-order chi connectivity index (χ1) is 10.4. The molecule has 1 N–H and O–H groups in total. The minimum Gasteiger partial charge on any atom is -0.444 e. The van der Waals surface area contributed by atoms with Gasteiger partial charge in [0.05, 0.1) is 23.9 Å². The quantitative estimate of drug-likeness (QED) is 0.809. The molecular weight excluding hydrogens is 349 g/mol. The molecule has 1 atom stereocenters. The van der Waals surface area contributed by atoms with Gasteiger partial charge in [-0.3, -0.25) is 4.18 Å². The van der Waals surface area contributed by atoms with E-state index < -0.39 is 33.7 Å². The first-order valence-corrected chi connectivity index (χ1v) is 8.86. The van der Waals surface area contributed by atoms with E-state index in [0.717, 1.165) is 12.3 Å². The van der Waals surface area contributed by atoms with Gasteiger partial charge < -0.3 is 10.1 Å². The standard InChI is InChI=1S/C14H19ClFNO5S/c1-14(2,3)22-13(18)17-12(8-21-23(4,19)20)9-5-6-11(16)10(15)7-9/h5-7,12H,8H2,1-4H3,(H,17,18). The van der Waals surface area contributed by atoms with Gasteiger partial charge in [-0.1, -0.05) is 17.7 Å². The first-order valence-electron chi connectivity index (χ1n) is 6.66. The highest BCUT2D eigenvalue weighted by atomic mass is 35.5. The predicted octanol–water partition coefficient (Wildman–Crippen LogP) is 3.02. The summed E-state index contributed by atoms with van der Waals surface area (Å²) in [6.45, 7) is 4.68. The molecule has 0 radical (unpaired) electrons. The maximum Gasteiger partial charge on any atom is 0.408 e. The van der Waals surface area contributed by atoms with Crippen molar-refractivity contribution in [3.05, 3.63) is 34.6 Å². The number of carbonyl (C=O) groups is 1. The fraction of sp³-hybridized carbons (Fsp3) is 0.500. The van der Waals surface area contributed by atoms with Crippen molar-refractivity contribution in [3.8, 4) is 0 Å². The smallest absolute Gasteiger partial charge is 0.408 e. The fourth-order valence-electron chi connectivity index (χ4n) is 1.59. The summed E-state index contributed by atoms with van der Waals surface area (Å²) in [5.74, 6) is -0.629. The van der Waals surface area contributed by atoms with E-state index in [1.54, 1.807) is 20.8 Å². The lowest BCUT2D eigenvalue weighted by atomic mass is 10.1. The summed E-state index contributed by atoms with van der Waals surface area (Å²) in [5.41, 5.74) is -0.349. The fourth-order valence-corrected chi connectivity index (χ4v) is 2.16. The van der Waals surface area contributed by atoms with Crippen LogP contribution in [0.5, 0.6) is 0 Å². The molecule has 9 heteroatoms. The Balaban J connectivity index is 2.96. The van der Waals surface area contributed by atoms with E-state index in [1.165, 1.54) is 12.1 Å². The van der Waals surface area contributed by atoms with Crippen molar-refractivity contribution < 1.29 is 26.5 Å². The number of halogens is 2. The highest BCUT2D eigenvalue weighted by Gasteiger charge is 2.22. The van der Waals surface area contributed by atoms with Crippen LogP contribution >= 0.6 is 11.6 Å². The minimum absolute atomic E-state index is 0.155. The molecule has 0 heterocycles. The van der Waals surface area contributed by atoms with Crippen LogP contribution in [0.25, 0.3) is 0 Å². The van der Waals surface area contributed by atoms with Crippen LogP contribution in [0.1, 0.15) is 32.4 Å². The van der Waals surface area contributed by atoms with Crippen LogP contribution in [0.15, 0.2) is 18.2 Å². The van der Waals surface area contributed by atoms with E-state index in [0.29, 0.717) is 5.56 Å². The molecule has 0 bridgehead atoms. The predicted molar refractivity (Wildman–Crippen MR) is 84.3 cm³/mol. The van der Waals surface area contributed by atoms with Gasteiger partial charge in [-0.25, -0.2) is 9.18 Å². The number of ether oxygens (including phenoxy) is 1. The van der Waals surface area contributed by atoms with E-state index in [4.69, 9.17) is 20.5 Å². The Labute approximate surface area is 140 Å². The summed E-state index contributed by atoms with van der Waals surface area (Å²) >= 11 is 5.71. The van der Waals surface area contributed by atoms with Crippen molar-refractivity contribution in [2.24, 2.45) is 0 Å². The highest BCUT2D eigenvalue weighted by molar-refractivity contribution is 7.85. The molecule has 1 unspecified atom stereocenters. The molecular formula is C14H19ClFNO5S. The Hall–Kier alpha value is -1.38. The van der Waals surface area contributed by atoms with Crippen molar-refractivity contribution >= 4 is 27.8 Å². The zero-order chi connectivity index (χ0) is 17.8. The SMILES string of the molecule is CC(C)(C)OC(=O)NC(COS(C)(=O)=O)c1ccc(F)c(Cl)c1. The number of rotatable bonds is 5. The number of hydrogen-bond acceptors (Lipinski definition) is 5. The van der Waals surface area contributed by atoms with Crippen molar-refractivity contribution in [3.63, 3.8) is 0 Å². The average Bonchev–Trinajstić information content (AvgIpc) is 2.34. The van der Waals surface area contributed by atoms with Gasteiger partial charge in [-0.05, 0) is 38.5 Å². The van der Waals surface area contributed by atoms with Gasteiger partial charge in [0.2, 0.25) is 0 Å². The molecule has 1 aromatic carbocycles. The van der Waals surface area contributed by atoms with Crippen LogP contribution in [0, 0.1) is 5.82 Å². The Kier molecular flexibility index (Phi) is 6.38. The van der Waals surface area contributed by atoms with Crippen molar-refractivity contribution in [2.45, 2.75) is 32.4 Å². The molecule has 1 rings (SSSR count). The maximum absolute atomic E-state index is 13.3. The van der Waals surface area contributed by atoms with Crippen LogP contribution in [-0.4, -0.2) is 33.0 Å². The van der Waals surface area contributed by atoms with E-state index in [-0.39, 0.29) is 11.6 Å². The molecule has 0 aromatic heterocycles. The van der Waals surface area contributed by atoms with Gasteiger partial charge in [0.25, 0.3) is 10.1 Å². The third-order valence-corrected chi connectivity index (χ3v) is 3.34. The van der Waals surface area contributed by atoms with Crippen LogP contribution in [0.2, 0.25) is 5.02 Å². The minimum atomic E-state index is -3.72. The summed E-state index contributed by atoms with van der Waals surface area (Å²) in [6.07, 6.45) is 0.120. The summed E-state index contributed by atoms with van der Waals surface area (Å²) in [7, 11) is -3.72. The molecule has 23 heavy (non-hydrogen) atoms. The monoisotopic (exact) mass is 367 g/mol. The lowest BCUT2D eigenvalue weighted by Crippen LogP contribution is -2.37. The Bertz CT molecular complexity index is 672. The van der Waals surface area contributed by atoms with Gasteiger partial charge in [-0.2, -0.15) is 8.42 Å². The molecule has 0 spiro atoms. The van der Waals surface area contributed by atoms with Crippen LogP contribution in [0.3, 0.4) is 0 Å². The van der Waals surface area contributed by atoms with Crippen LogP contribution in [-0.2, 0) is 19.0 Å². The zero-order valence-corrected chi connectivity index (χ0v) is 14.8. The molecule has 0 fully saturated rings. The van der Waals surface area contributed by atoms with E-state index in [1.807, 2.05) is 0 Å². The Morgan fingerprint density at radius 3 is 2.48 bits per heavy atom. The number of carbonyl (C=O) groups excluding carboxylic acids is 1. The van der Waals surface area contributed by atoms with E-state index >= 15 is 0 Å². The second-order valence-electron chi connectivity index (χ2n) is 5.86. The van der Waals surface area contributed by atoms with Gasteiger partial charge in [0.1, 0.15) is 11.4 Å². The van der Waals surface area contributed by atoms with Crippen LogP contribution < -0.4 is 5.32 Å². The molecule has 0 aliphatic heterocycles. The number of alkyl carbamates (subject to hydrolysis) is 1. The summed E-state index contributed by atoms with van der Waals surface area (Å²) in [5, 5.41) is 2.32. The third-order valence-electron chi connectivity index (χ3n) is 2.49. The Morgan fingerprint density at radius 2 is 2.00 bits per heavy atom. The van der Waals surface area contributed by atoms with Crippen molar-refractivity contribution in [1.82, 2.24) is 5.32 Å².